The lowest BCUT2D eigenvalue weighted by Gasteiger charge is -2.31. The van der Waals surface area contributed by atoms with Gasteiger partial charge < -0.3 is 14.9 Å². The summed E-state index contributed by atoms with van der Waals surface area (Å²) in [5, 5.41) is 9.12. The minimum atomic E-state index is -4.57. The van der Waals surface area contributed by atoms with E-state index in [-0.39, 0.29) is 24.0 Å². The highest BCUT2D eigenvalue weighted by Crippen LogP contribution is 2.36. The fourth-order valence-corrected chi connectivity index (χ4v) is 1.97. The molecule has 98 valence electrons. The Labute approximate surface area is 98.9 Å². The van der Waals surface area contributed by atoms with Crippen molar-refractivity contribution in [2.75, 3.05) is 26.8 Å². The van der Waals surface area contributed by atoms with Gasteiger partial charge in [-0.2, -0.15) is 0 Å². The maximum atomic E-state index is 11.8. The Morgan fingerprint density at radius 2 is 2.12 bits per heavy atom. The lowest BCUT2D eigenvalue weighted by atomic mass is 9.95. The van der Waals surface area contributed by atoms with Crippen LogP contribution in [0.1, 0.15) is 6.92 Å². The van der Waals surface area contributed by atoms with Gasteiger partial charge in [0.2, 0.25) is 0 Å². The normalized spacial score (nSPS) is 23.4. The Morgan fingerprint density at radius 1 is 1.53 bits per heavy atom. The zero-order valence-corrected chi connectivity index (χ0v) is 10.6. The van der Waals surface area contributed by atoms with Gasteiger partial charge in [0.1, 0.15) is 0 Å². The molecule has 0 aromatic heterocycles. The van der Waals surface area contributed by atoms with E-state index < -0.39 is 14.4 Å². The molecule has 1 aliphatic rings. The summed E-state index contributed by atoms with van der Waals surface area (Å²) in [6.07, 6.45) is 0. The molecule has 0 aromatic rings. The van der Waals surface area contributed by atoms with E-state index >= 15 is 0 Å². The number of rotatable bonds is 4. The highest BCUT2D eigenvalue weighted by molar-refractivity contribution is 7.46. The van der Waals surface area contributed by atoms with E-state index in [0.29, 0.717) is 12.1 Å². The van der Waals surface area contributed by atoms with Crippen molar-refractivity contribution >= 4 is 13.6 Å². The second-order valence-corrected chi connectivity index (χ2v) is 5.20. The van der Waals surface area contributed by atoms with Crippen LogP contribution in [0.4, 0.5) is 0 Å². The Balaban J connectivity index is 2.89. The van der Waals surface area contributed by atoms with Crippen molar-refractivity contribution in [2.24, 2.45) is 0 Å². The van der Waals surface area contributed by atoms with Crippen LogP contribution in [0.5, 0.6) is 0 Å². The molecule has 0 saturated heterocycles. The van der Waals surface area contributed by atoms with Gasteiger partial charge in [0.15, 0.2) is 5.78 Å². The molecule has 1 aliphatic heterocycles. The molecule has 1 unspecified atom stereocenters. The van der Waals surface area contributed by atoms with Crippen molar-refractivity contribution in [1.82, 2.24) is 4.90 Å². The van der Waals surface area contributed by atoms with Crippen LogP contribution >= 0.6 is 7.82 Å². The first kappa shape index (κ1) is 14.5. The molecule has 8 heteroatoms. The van der Waals surface area contributed by atoms with Gasteiger partial charge in [0.25, 0.3) is 0 Å². The Kier molecular flexibility index (Phi) is 4.60. The maximum Gasteiger partial charge on any atom is 0.469 e. The standard InChI is InChI=1S/C9H16NO6P/c1-6-9(12)8(4-11)7(3-10(6)2)5-16-17(13,14)15/h6,11H,3-5H2,1-2H3,(H2,13,14,15). The molecular weight excluding hydrogens is 249 g/mol. The first-order valence-electron chi connectivity index (χ1n) is 5.02. The summed E-state index contributed by atoms with van der Waals surface area (Å²) in [5.41, 5.74) is 0.588. The molecule has 0 aliphatic carbocycles. The van der Waals surface area contributed by atoms with Gasteiger partial charge in [-0.25, -0.2) is 4.57 Å². The minimum absolute atomic E-state index is 0.184. The number of carbonyl (C=O) groups excluding carboxylic acids is 1. The number of hydrogen-bond donors (Lipinski definition) is 3. The summed E-state index contributed by atoms with van der Waals surface area (Å²) in [6.45, 7) is 1.24. The van der Waals surface area contributed by atoms with E-state index in [1.54, 1.807) is 18.9 Å². The predicted octanol–water partition coefficient (Wildman–Crippen LogP) is -0.712. The van der Waals surface area contributed by atoms with Crippen molar-refractivity contribution in [1.29, 1.82) is 0 Å². The van der Waals surface area contributed by atoms with E-state index in [0.717, 1.165) is 0 Å². The predicted molar refractivity (Wildman–Crippen MR) is 59.2 cm³/mol. The first-order chi connectivity index (χ1) is 7.76. The fraction of sp³-hybridized carbons (Fsp3) is 0.667. The topological polar surface area (TPSA) is 107 Å². The van der Waals surface area contributed by atoms with Crippen LogP contribution in [0.25, 0.3) is 0 Å². The highest BCUT2D eigenvalue weighted by atomic mass is 31.2. The van der Waals surface area contributed by atoms with Gasteiger partial charge in [0.05, 0.1) is 19.3 Å². The van der Waals surface area contributed by atoms with Crippen LogP contribution in [0, 0.1) is 0 Å². The molecule has 7 nitrogen and oxygen atoms in total. The van der Waals surface area contributed by atoms with Crippen LogP contribution in [-0.2, 0) is 13.9 Å². The number of aliphatic hydroxyl groups is 1. The number of phosphoric ester groups is 1. The minimum Gasteiger partial charge on any atom is -0.392 e. The van der Waals surface area contributed by atoms with Crippen LogP contribution in [0.3, 0.4) is 0 Å². The largest absolute Gasteiger partial charge is 0.469 e. The molecule has 0 saturated carbocycles. The molecule has 0 fully saturated rings. The number of Topliss-reactive ketones (excluding diaryl/α,β-unsaturated/α-hetero) is 1. The van der Waals surface area contributed by atoms with Gasteiger partial charge in [-0.05, 0) is 19.5 Å². The summed E-state index contributed by atoms with van der Waals surface area (Å²) < 4.78 is 14.9. The van der Waals surface area contributed by atoms with Crippen molar-refractivity contribution in [3.05, 3.63) is 11.1 Å². The van der Waals surface area contributed by atoms with E-state index in [2.05, 4.69) is 4.52 Å². The average molecular weight is 265 g/mol. The molecule has 0 bridgehead atoms. The summed E-state index contributed by atoms with van der Waals surface area (Å²) in [7, 11) is -2.85. The average Bonchev–Trinajstić information content (AvgIpc) is 2.22. The van der Waals surface area contributed by atoms with Gasteiger partial charge in [-0.15, -0.1) is 0 Å². The number of nitrogens with zero attached hydrogens (tertiary/aromatic N) is 1. The molecule has 1 rings (SSSR count). The van der Waals surface area contributed by atoms with Crippen molar-refractivity contribution < 1.29 is 28.8 Å². The van der Waals surface area contributed by atoms with Gasteiger partial charge in [-0.1, -0.05) is 0 Å². The lowest BCUT2D eigenvalue weighted by Crippen LogP contribution is -2.44. The van der Waals surface area contributed by atoms with Crippen molar-refractivity contribution in [3.63, 3.8) is 0 Å². The van der Waals surface area contributed by atoms with Crippen LogP contribution in [0.2, 0.25) is 0 Å². The summed E-state index contributed by atoms with van der Waals surface area (Å²) >= 11 is 0. The Bertz CT molecular complexity index is 387. The quantitative estimate of drug-likeness (QED) is 0.576. The number of hydrogen-bond acceptors (Lipinski definition) is 5. The SMILES string of the molecule is CC1C(=O)C(CO)=C(COP(=O)(O)O)CN1C. The smallest absolute Gasteiger partial charge is 0.392 e. The number of carbonyl (C=O) groups is 1. The van der Waals surface area contributed by atoms with E-state index in [1.165, 1.54) is 0 Å². The highest BCUT2D eigenvalue weighted by Gasteiger charge is 2.30. The third kappa shape index (κ3) is 3.70. The summed E-state index contributed by atoms with van der Waals surface area (Å²) in [6, 6.07) is -0.351. The lowest BCUT2D eigenvalue weighted by molar-refractivity contribution is -0.120. The van der Waals surface area contributed by atoms with E-state index in [4.69, 9.17) is 14.9 Å². The van der Waals surface area contributed by atoms with E-state index in [1.807, 2.05) is 0 Å². The number of phosphoric acid groups is 1. The zero-order chi connectivity index (χ0) is 13.2. The third-order valence-electron chi connectivity index (χ3n) is 2.77. The fourth-order valence-electron chi connectivity index (χ4n) is 1.64. The zero-order valence-electron chi connectivity index (χ0n) is 9.66. The van der Waals surface area contributed by atoms with Crippen LogP contribution < -0.4 is 0 Å². The molecule has 1 atom stereocenters. The maximum absolute atomic E-state index is 11.8. The van der Waals surface area contributed by atoms with Crippen LogP contribution in [0.15, 0.2) is 11.1 Å². The van der Waals surface area contributed by atoms with Crippen molar-refractivity contribution in [2.45, 2.75) is 13.0 Å². The number of aliphatic hydroxyl groups excluding tert-OH is 1. The van der Waals surface area contributed by atoms with Crippen LogP contribution in [-0.4, -0.2) is 58.4 Å². The van der Waals surface area contributed by atoms with Gasteiger partial charge in [0, 0.05) is 12.1 Å². The van der Waals surface area contributed by atoms with Gasteiger partial charge in [-0.3, -0.25) is 14.2 Å². The first-order valence-corrected chi connectivity index (χ1v) is 6.55. The van der Waals surface area contributed by atoms with E-state index in [9.17, 15) is 9.36 Å². The molecule has 1 heterocycles. The Hall–Kier alpha value is -0.560. The second kappa shape index (κ2) is 5.39. The molecule has 0 radical (unpaired) electrons. The molecule has 17 heavy (non-hydrogen) atoms. The summed E-state index contributed by atoms with van der Waals surface area (Å²) in [5.74, 6) is -0.245. The van der Waals surface area contributed by atoms with Crippen molar-refractivity contribution in [3.8, 4) is 0 Å². The van der Waals surface area contributed by atoms with Gasteiger partial charge >= 0.3 is 7.82 Å². The monoisotopic (exact) mass is 265 g/mol. The molecular formula is C9H16NO6P. The Morgan fingerprint density at radius 3 is 2.59 bits per heavy atom. The summed E-state index contributed by atoms with van der Waals surface area (Å²) in [4.78, 5) is 30.7. The number of likely N-dealkylation sites (N-methyl/N-ethyl adjacent to an activating group) is 1. The number of ketones is 1. The molecule has 0 amide bonds. The molecule has 3 N–H and O–H groups in total. The molecule has 0 aromatic carbocycles. The molecule has 0 spiro atoms. The second-order valence-electron chi connectivity index (χ2n) is 3.96. The third-order valence-corrected chi connectivity index (χ3v) is 3.24.